The number of hydrogen-bond donors (Lipinski definition) is 1. The zero-order chi connectivity index (χ0) is 16.5. The number of nitrogens with one attached hydrogen (secondary N) is 1. The highest BCUT2D eigenvalue weighted by Crippen LogP contribution is 2.27. The Morgan fingerprint density at radius 1 is 1.12 bits per heavy atom. The van der Waals surface area contributed by atoms with Crippen LogP contribution in [0.2, 0.25) is 0 Å². The Kier molecular flexibility index (Phi) is 6.31. The third kappa shape index (κ3) is 4.29. The number of hydrogen-bond acceptors (Lipinski definition) is 4. The van der Waals surface area contributed by atoms with Gasteiger partial charge >= 0.3 is 0 Å². The van der Waals surface area contributed by atoms with Gasteiger partial charge in [-0.3, -0.25) is 0 Å². The van der Waals surface area contributed by atoms with Crippen molar-refractivity contribution in [1.82, 2.24) is 14.5 Å². The molecule has 1 aromatic carbocycles. The van der Waals surface area contributed by atoms with Gasteiger partial charge in [0.15, 0.2) is 0 Å². The van der Waals surface area contributed by atoms with E-state index in [-0.39, 0.29) is 12.4 Å². The van der Waals surface area contributed by atoms with Crippen molar-refractivity contribution in [2.75, 3.05) is 45.8 Å². The van der Waals surface area contributed by atoms with Crippen LogP contribution >= 0.6 is 12.4 Å². The van der Waals surface area contributed by atoms with Crippen LogP contribution in [0.5, 0.6) is 0 Å². The molecule has 2 saturated heterocycles. The standard InChI is InChI=1S/C17H27N3O2S.ClH/c1-15-3-5-16(6-4-15)23(21,22)20-11-9-19(10-12-20)14-17(2)7-8-18-13-17;/h3-6,18H,7-14H2,1-2H3;1H. The van der Waals surface area contributed by atoms with Gasteiger partial charge in [-0.15, -0.1) is 12.4 Å². The van der Waals surface area contributed by atoms with E-state index in [4.69, 9.17) is 0 Å². The van der Waals surface area contributed by atoms with Crippen molar-refractivity contribution in [2.24, 2.45) is 5.41 Å². The number of aryl methyl sites for hydroxylation is 1. The Labute approximate surface area is 151 Å². The molecule has 0 amide bonds. The highest BCUT2D eigenvalue weighted by Gasteiger charge is 2.34. The number of nitrogens with zero attached hydrogens (tertiary/aromatic N) is 2. The van der Waals surface area contributed by atoms with Crippen LogP contribution in [0.15, 0.2) is 29.2 Å². The molecule has 1 N–H and O–H groups in total. The van der Waals surface area contributed by atoms with Crippen molar-refractivity contribution in [3.05, 3.63) is 29.8 Å². The molecule has 2 aliphatic rings. The smallest absolute Gasteiger partial charge is 0.243 e. The maximum absolute atomic E-state index is 12.7. The Bertz CT molecular complexity index is 634. The predicted molar refractivity (Wildman–Crippen MR) is 99.2 cm³/mol. The van der Waals surface area contributed by atoms with Crippen molar-refractivity contribution in [3.8, 4) is 0 Å². The zero-order valence-electron chi connectivity index (χ0n) is 14.5. The van der Waals surface area contributed by atoms with E-state index in [0.717, 1.165) is 38.3 Å². The van der Waals surface area contributed by atoms with E-state index in [0.29, 0.717) is 23.4 Å². The molecule has 1 aromatic rings. The fraction of sp³-hybridized carbons (Fsp3) is 0.647. The summed E-state index contributed by atoms with van der Waals surface area (Å²) in [6.07, 6.45) is 1.20. The molecule has 0 radical (unpaired) electrons. The summed E-state index contributed by atoms with van der Waals surface area (Å²) in [7, 11) is -3.35. The molecule has 0 aliphatic carbocycles. The first-order valence-corrected chi connectivity index (χ1v) is 9.83. The summed E-state index contributed by atoms with van der Waals surface area (Å²) < 4.78 is 27.0. The van der Waals surface area contributed by atoms with E-state index in [1.54, 1.807) is 16.4 Å². The normalized spacial score (nSPS) is 26.2. The van der Waals surface area contributed by atoms with Crippen LogP contribution in [-0.2, 0) is 10.0 Å². The highest BCUT2D eigenvalue weighted by atomic mass is 35.5. The largest absolute Gasteiger partial charge is 0.316 e. The van der Waals surface area contributed by atoms with Gasteiger partial charge in [-0.1, -0.05) is 24.6 Å². The lowest BCUT2D eigenvalue weighted by atomic mass is 9.89. The van der Waals surface area contributed by atoms with Crippen molar-refractivity contribution >= 4 is 22.4 Å². The molecule has 0 bridgehead atoms. The van der Waals surface area contributed by atoms with Gasteiger partial charge in [0.1, 0.15) is 0 Å². The van der Waals surface area contributed by atoms with E-state index < -0.39 is 10.0 Å². The first-order chi connectivity index (χ1) is 10.9. The predicted octanol–water partition coefficient (Wildman–Crippen LogP) is 1.72. The molecule has 0 spiro atoms. The topological polar surface area (TPSA) is 52.7 Å². The fourth-order valence-electron chi connectivity index (χ4n) is 3.53. The molecular weight excluding hydrogens is 346 g/mol. The van der Waals surface area contributed by atoms with E-state index in [9.17, 15) is 8.42 Å². The van der Waals surface area contributed by atoms with Crippen molar-refractivity contribution in [1.29, 1.82) is 0 Å². The van der Waals surface area contributed by atoms with Crippen molar-refractivity contribution in [2.45, 2.75) is 25.2 Å². The van der Waals surface area contributed by atoms with Crippen molar-refractivity contribution in [3.63, 3.8) is 0 Å². The summed E-state index contributed by atoms with van der Waals surface area (Å²) >= 11 is 0. The maximum atomic E-state index is 12.7. The number of piperazine rings is 1. The van der Waals surface area contributed by atoms with E-state index >= 15 is 0 Å². The quantitative estimate of drug-likeness (QED) is 0.873. The van der Waals surface area contributed by atoms with Crippen LogP contribution in [0, 0.1) is 12.3 Å². The van der Waals surface area contributed by atoms with E-state index in [1.807, 2.05) is 19.1 Å². The summed E-state index contributed by atoms with van der Waals surface area (Å²) in [5.41, 5.74) is 1.41. The molecule has 0 aromatic heterocycles. The van der Waals surface area contributed by atoms with Gasteiger partial charge in [0.2, 0.25) is 10.0 Å². The molecule has 7 heteroatoms. The second-order valence-corrected chi connectivity index (χ2v) is 9.17. The van der Waals surface area contributed by atoms with Crippen molar-refractivity contribution < 1.29 is 8.42 Å². The molecular formula is C17H28ClN3O2S. The zero-order valence-corrected chi connectivity index (χ0v) is 16.1. The van der Waals surface area contributed by atoms with Gasteiger partial charge in [0.05, 0.1) is 4.90 Å². The van der Waals surface area contributed by atoms with Gasteiger partial charge in [-0.05, 0) is 37.4 Å². The maximum Gasteiger partial charge on any atom is 0.243 e. The van der Waals surface area contributed by atoms with Gasteiger partial charge < -0.3 is 10.2 Å². The number of sulfonamides is 1. The van der Waals surface area contributed by atoms with Crippen LogP contribution < -0.4 is 5.32 Å². The SMILES string of the molecule is Cc1ccc(S(=O)(=O)N2CCN(CC3(C)CCNC3)CC2)cc1.Cl. The molecule has 3 rings (SSSR count). The van der Waals surface area contributed by atoms with Crippen LogP contribution in [0.25, 0.3) is 0 Å². The van der Waals surface area contributed by atoms with Gasteiger partial charge in [-0.2, -0.15) is 4.31 Å². The average molecular weight is 374 g/mol. The molecule has 24 heavy (non-hydrogen) atoms. The minimum atomic E-state index is -3.35. The van der Waals surface area contributed by atoms with Crippen LogP contribution in [-0.4, -0.2) is 63.4 Å². The molecule has 136 valence electrons. The lowest BCUT2D eigenvalue weighted by Gasteiger charge is -2.38. The summed E-state index contributed by atoms with van der Waals surface area (Å²) in [5, 5.41) is 3.43. The third-order valence-corrected chi connectivity index (χ3v) is 6.97. The number of halogens is 1. The monoisotopic (exact) mass is 373 g/mol. The molecule has 2 fully saturated rings. The Balaban J connectivity index is 0.00000208. The summed E-state index contributed by atoms with van der Waals surface area (Å²) in [6, 6.07) is 7.14. The molecule has 1 atom stereocenters. The highest BCUT2D eigenvalue weighted by molar-refractivity contribution is 7.89. The average Bonchev–Trinajstić information content (AvgIpc) is 2.94. The van der Waals surface area contributed by atoms with Crippen LogP contribution in [0.1, 0.15) is 18.9 Å². The minimum Gasteiger partial charge on any atom is -0.316 e. The molecule has 1 unspecified atom stereocenters. The van der Waals surface area contributed by atoms with Gasteiger partial charge in [-0.25, -0.2) is 8.42 Å². The second kappa shape index (κ2) is 7.70. The van der Waals surface area contributed by atoms with Gasteiger partial charge in [0, 0.05) is 39.3 Å². The lowest BCUT2D eigenvalue weighted by molar-refractivity contribution is 0.132. The molecule has 5 nitrogen and oxygen atoms in total. The van der Waals surface area contributed by atoms with Gasteiger partial charge in [0.25, 0.3) is 0 Å². The summed E-state index contributed by atoms with van der Waals surface area (Å²) in [6.45, 7) is 10.3. The second-order valence-electron chi connectivity index (χ2n) is 7.23. The number of rotatable bonds is 4. The summed E-state index contributed by atoms with van der Waals surface area (Å²) in [5.74, 6) is 0. The van der Waals surface area contributed by atoms with E-state index in [2.05, 4.69) is 17.1 Å². The fourth-order valence-corrected chi connectivity index (χ4v) is 4.95. The first-order valence-electron chi connectivity index (χ1n) is 8.39. The molecule has 0 saturated carbocycles. The molecule has 2 aliphatic heterocycles. The molecule has 2 heterocycles. The first kappa shape index (κ1) is 19.7. The Hall–Kier alpha value is -0.660. The Morgan fingerprint density at radius 2 is 1.75 bits per heavy atom. The van der Waals surface area contributed by atoms with Crippen LogP contribution in [0.4, 0.5) is 0 Å². The Morgan fingerprint density at radius 3 is 2.29 bits per heavy atom. The minimum absolute atomic E-state index is 0. The lowest BCUT2D eigenvalue weighted by Crippen LogP contribution is -2.51. The third-order valence-electron chi connectivity index (χ3n) is 5.05. The van der Waals surface area contributed by atoms with Crippen LogP contribution in [0.3, 0.4) is 0 Å². The summed E-state index contributed by atoms with van der Waals surface area (Å²) in [4.78, 5) is 2.82. The number of benzene rings is 1. The van der Waals surface area contributed by atoms with E-state index in [1.165, 1.54) is 6.42 Å².